The quantitative estimate of drug-likeness (QED) is 0.771. The average Bonchev–Trinajstić information content (AvgIpc) is 2.27. The molecule has 17 heavy (non-hydrogen) atoms. The summed E-state index contributed by atoms with van der Waals surface area (Å²) in [5.41, 5.74) is 10.3. The third kappa shape index (κ3) is 2.56. The van der Waals surface area contributed by atoms with Crippen LogP contribution in [0.1, 0.15) is 11.1 Å². The number of hydrogen-bond acceptors (Lipinski definition) is 2. The third-order valence-corrected chi connectivity index (χ3v) is 2.74. The normalized spacial score (nSPS) is 10.3. The van der Waals surface area contributed by atoms with E-state index in [1.807, 2.05) is 32.0 Å². The Bertz CT molecular complexity index is 550. The Morgan fingerprint density at radius 1 is 1.00 bits per heavy atom. The van der Waals surface area contributed by atoms with Gasteiger partial charge < -0.3 is 11.1 Å². The molecule has 0 bridgehead atoms. The molecule has 2 rings (SSSR count). The molecule has 2 aromatic carbocycles. The van der Waals surface area contributed by atoms with E-state index in [1.165, 1.54) is 12.1 Å². The molecule has 0 aliphatic rings. The number of aryl methyl sites for hydroxylation is 2. The Kier molecular flexibility index (Phi) is 3.00. The van der Waals surface area contributed by atoms with Gasteiger partial charge in [-0.3, -0.25) is 0 Å². The fourth-order valence-electron chi connectivity index (χ4n) is 1.68. The van der Waals surface area contributed by atoms with Crippen molar-refractivity contribution < 1.29 is 4.39 Å². The maximum atomic E-state index is 13.0. The highest BCUT2D eigenvalue weighted by atomic mass is 19.1. The lowest BCUT2D eigenvalue weighted by molar-refractivity contribution is 0.627. The molecular formula is C14H15FN2. The van der Waals surface area contributed by atoms with Gasteiger partial charge >= 0.3 is 0 Å². The second kappa shape index (κ2) is 4.45. The predicted octanol–water partition coefficient (Wildman–Crippen LogP) is 3.77. The molecule has 0 atom stereocenters. The van der Waals surface area contributed by atoms with Gasteiger partial charge in [0.2, 0.25) is 0 Å². The van der Waals surface area contributed by atoms with Gasteiger partial charge in [-0.2, -0.15) is 0 Å². The Morgan fingerprint density at radius 3 is 2.41 bits per heavy atom. The molecule has 0 aromatic heterocycles. The van der Waals surface area contributed by atoms with Gasteiger partial charge in [-0.15, -0.1) is 0 Å². The molecule has 0 saturated carbocycles. The first-order chi connectivity index (χ1) is 8.06. The van der Waals surface area contributed by atoms with E-state index in [2.05, 4.69) is 5.32 Å². The van der Waals surface area contributed by atoms with Crippen LogP contribution < -0.4 is 11.1 Å². The van der Waals surface area contributed by atoms with Gasteiger partial charge in [-0.1, -0.05) is 0 Å². The highest BCUT2D eigenvalue weighted by Crippen LogP contribution is 2.23. The lowest BCUT2D eigenvalue weighted by Crippen LogP contribution is -1.96. The van der Waals surface area contributed by atoms with Crippen LogP contribution in [0.3, 0.4) is 0 Å². The van der Waals surface area contributed by atoms with Gasteiger partial charge in [0.25, 0.3) is 0 Å². The van der Waals surface area contributed by atoms with Crippen LogP contribution in [0.5, 0.6) is 0 Å². The summed E-state index contributed by atoms with van der Waals surface area (Å²) in [6, 6.07) is 10.4. The monoisotopic (exact) mass is 230 g/mol. The van der Waals surface area contributed by atoms with Crippen LogP contribution in [-0.2, 0) is 0 Å². The van der Waals surface area contributed by atoms with Crippen LogP contribution in [0.4, 0.5) is 21.5 Å². The van der Waals surface area contributed by atoms with E-state index in [9.17, 15) is 4.39 Å². The maximum Gasteiger partial charge on any atom is 0.123 e. The molecule has 88 valence electrons. The Hall–Kier alpha value is -2.03. The van der Waals surface area contributed by atoms with Gasteiger partial charge in [-0.05, 0) is 61.4 Å². The minimum atomic E-state index is -0.221. The summed E-state index contributed by atoms with van der Waals surface area (Å²) in [6.45, 7) is 3.83. The summed E-state index contributed by atoms with van der Waals surface area (Å²) in [7, 11) is 0. The SMILES string of the molecule is Cc1cc(Nc2ccc(F)cc2C)ccc1N. The number of nitrogen functional groups attached to an aromatic ring is 1. The number of rotatable bonds is 2. The van der Waals surface area contributed by atoms with Crippen molar-refractivity contribution in [2.45, 2.75) is 13.8 Å². The molecule has 3 N–H and O–H groups in total. The molecule has 0 saturated heterocycles. The zero-order valence-corrected chi connectivity index (χ0v) is 9.92. The summed E-state index contributed by atoms with van der Waals surface area (Å²) in [4.78, 5) is 0. The minimum absolute atomic E-state index is 0.221. The van der Waals surface area contributed by atoms with E-state index < -0.39 is 0 Å². The summed E-state index contributed by atoms with van der Waals surface area (Å²) in [5.74, 6) is -0.221. The van der Waals surface area contributed by atoms with E-state index in [-0.39, 0.29) is 5.82 Å². The number of anilines is 3. The van der Waals surface area contributed by atoms with Crippen molar-refractivity contribution in [2.75, 3.05) is 11.1 Å². The standard InChI is InChI=1S/C14H15FN2/c1-9-8-12(4-5-13(9)16)17-14-6-3-11(15)7-10(14)2/h3-8,17H,16H2,1-2H3. The molecule has 0 unspecified atom stereocenters. The Balaban J connectivity index is 2.28. The second-order valence-corrected chi connectivity index (χ2v) is 4.16. The van der Waals surface area contributed by atoms with Crippen molar-refractivity contribution in [3.8, 4) is 0 Å². The van der Waals surface area contributed by atoms with Crippen molar-refractivity contribution in [3.05, 3.63) is 53.3 Å². The molecule has 0 amide bonds. The average molecular weight is 230 g/mol. The number of nitrogens with one attached hydrogen (secondary N) is 1. The highest BCUT2D eigenvalue weighted by Gasteiger charge is 2.01. The summed E-state index contributed by atoms with van der Waals surface area (Å²) in [5, 5.41) is 3.25. The van der Waals surface area contributed by atoms with Crippen LogP contribution in [0.2, 0.25) is 0 Å². The lowest BCUT2D eigenvalue weighted by Gasteiger charge is -2.11. The smallest absolute Gasteiger partial charge is 0.123 e. The first-order valence-corrected chi connectivity index (χ1v) is 5.45. The molecule has 0 aliphatic carbocycles. The van der Waals surface area contributed by atoms with Gasteiger partial charge in [0.05, 0.1) is 0 Å². The number of nitrogens with two attached hydrogens (primary N) is 1. The molecule has 2 nitrogen and oxygen atoms in total. The molecular weight excluding hydrogens is 215 g/mol. The summed E-state index contributed by atoms with van der Waals surface area (Å²) < 4.78 is 13.0. The minimum Gasteiger partial charge on any atom is -0.399 e. The van der Waals surface area contributed by atoms with Gasteiger partial charge in [0.15, 0.2) is 0 Å². The highest BCUT2D eigenvalue weighted by molar-refractivity contribution is 5.66. The molecule has 3 heteroatoms. The fourth-order valence-corrected chi connectivity index (χ4v) is 1.68. The molecule has 0 heterocycles. The van der Waals surface area contributed by atoms with Crippen molar-refractivity contribution in [1.82, 2.24) is 0 Å². The largest absolute Gasteiger partial charge is 0.399 e. The van der Waals surface area contributed by atoms with Gasteiger partial charge in [0, 0.05) is 17.1 Å². The van der Waals surface area contributed by atoms with E-state index in [1.54, 1.807) is 6.07 Å². The molecule has 0 spiro atoms. The number of benzene rings is 2. The van der Waals surface area contributed by atoms with Crippen LogP contribution >= 0.6 is 0 Å². The van der Waals surface area contributed by atoms with Crippen molar-refractivity contribution in [3.63, 3.8) is 0 Å². The van der Waals surface area contributed by atoms with E-state index in [0.29, 0.717) is 0 Å². The third-order valence-electron chi connectivity index (χ3n) is 2.74. The van der Waals surface area contributed by atoms with E-state index in [0.717, 1.165) is 28.2 Å². The first-order valence-electron chi connectivity index (χ1n) is 5.45. The lowest BCUT2D eigenvalue weighted by atomic mass is 10.1. The van der Waals surface area contributed by atoms with E-state index in [4.69, 9.17) is 5.73 Å². The van der Waals surface area contributed by atoms with E-state index >= 15 is 0 Å². The van der Waals surface area contributed by atoms with Gasteiger partial charge in [-0.25, -0.2) is 4.39 Å². The van der Waals surface area contributed by atoms with Crippen LogP contribution in [-0.4, -0.2) is 0 Å². The summed E-state index contributed by atoms with van der Waals surface area (Å²) >= 11 is 0. The molecule has 0 radical (unpaired) electrons. The molecule has 0 aliphatic heterocycles. The maximum absolute atomic E-state index is 13.0. The fraction of sp³-hybridized carbons (Fsp3) is 0.143. The first kappa shape index (κ1) is 11.5. The summed E-state index contributed by atoms with van der Waals surface area (Å²) in [6.07, 6.45) is 0. The predicted molar refractivity (Wildman–Crippen MR) is 70.0 cm³/mol. The number of halogens is 1. The second-order valence-electron chi connectivity index (χ2n) is 4.16. The zero-order chi connectivity index (χ0) is 12.4. The van der Waals surface area contributed by atoms with Crippen LogP contribution in [0, 0.1) is 19.7 Å². The van der Waals surface area contributed by atoms with Crippen LogP contribution in [0.25, 0.3) is 0 Å². The van der Waals surface area contributed by atoms with Crippen molar-refractivity contribution >= 4 is 17.1 Å². The van der Waals surface area contributed by atoms with Gasteiger partial charge in [0.1, 0.15) is 5.82 Å². The topological polar surface area (TPSA) is 38.0 Å². The van der Waals surface area contributed by atoms with Crippen molar-refractivity contribution in [1.29, 1.82) is 0 Å². The molecule has 2 aromatic rings. The molecule has 0 fully saturated rings. The van der Waals surface area contributed by atoms with Crippen LogP contribution in [0.15, 0.2) is 36.4 Å². The van der Waals surface area contributed by atoms with Crippen molar-refractivity contribution in [2.24, 2.45) is 0 Å². The Morgan fingerprint density at radius 2 is 1.76 bits per heavy atom. The number of hydrogen-bond donors (Lipinski definition) is 2. The zero-order valence-electron chi connectivity index (χ0n) is 9.92. The Labute approximate surface area is 100 Å².